The minimum Gasteiger partial charge on any atom is -0.479 e. The number of thioether (sulfide) groups is 1. The van der Waals surface area contributed by atoms with Gasteiger partial charge in [0.1, 0.15) is 0 Å². The normalized spacial score (nSPS) is 15.4. The summed E-state index contributed by atoms with van der Waals surface area (Å²) in [5, 5.41) is 0.00341. The lowest BCUT2D eigenvalue weighted by Crippen LogP contribution is -2.29. The van der Waals surface area contributed by atoms with E-state index in [1.54, 1.807) is 14.0 Å². The molecule has 152 valence electrons. The highest BCUT2D eigenvalue weighted by atomic mass is 35.5. The fourth-order valence-corrected chi connectivity index (χ4v) is 3.82. The zero-order valence-electron chi connectivity index (χ0n) is 15.3. The number of hydrogen-bond donors (Lipinski definition) is 0. The van der Waals surface area contributed by atoms with Crippen molar-refractivity contribution in [3.8, 4) is 5.75 Å². The maximum absolute atomic E-state index is 12.4. The number of nitrogens with zero attached hydrogens (tertiary/aromatic N) is 1. The summed E-state index contributed by atoms with van der Waals surface area (Å²) in [4.78, 5) is 37.3. The highest BCUT2D eigenvalue weighted by molar-refractivity contribution is 8.18. The van der Waals surface area contributed by atoms with Gasteiger partial charge in [0.15, 0.2) is 12.4 Å². The molecule has 0 atom stereocenters. The molecule has 0 aliphatic carbocycles. The van der Waals surface area contributed by atoms with Gasteiger partial charge in [0.2, 0.25) is 0 Å². The topological polar surface area (TPSA) is 82.1 Å². The molecule has 0 saturated carbocycles. The average Bonchev–Trinajstić information content (AvgIpc) is 2.88. The van der Waals surface area contributed by atoms with Crippen molar-refractivity contribution >= 4 is 58.2 Å². The molecule has 10 heteroatoms. The van der Waals surface area contributed by atoms with Crippen LogP contribution in [0.5, 0.6) is 5.75 Å². The predicted octanol–water partition coefficient (Wildman–Crippen LogP) is 4.01. The van der Waals surface area contributed by atoms with Crippen LogP contribution in [0, 0.1) is 0 Å². The van der Waals surface area contributed by atoms with Gasteiger partial charge >= 0.3 is 5.97 Å². The van der Waals surface area contributed by atoms with Crippen LogP contribution in [0.1, 0.15) is 18.9 Å². The number of amides is 2. The van der Waals surface area contributed by atoms with Gasteiger partial charge < -0.3 is 14.2 Å². The Morgan fingerprint density at radius 2 is 1.93 bits per heavy atom. The number of halogens is 2. The van der Waals surface area contributed by atoms with Gasteiger partial charge in [0.05, 0.1) is 21.6 Å². The van der Waals surface area contributed by atoms with E-state index in [1.165, 1.54) is 23.1 Å². The second-order valence-corrected chi connectivity index (χ2v) is 7.39. The van der Waals surface area contributed by atoms with Crippen LogP contribution in [-0.4, -0.2) is 55.5 Å². The summed E-state index contributed by atoms with van der Waals surface area (Å²) in [5.74, 6) is -0.775. The second kappa shape index (κ2) is 10.7. The molecular formula is C18H19Cl2NO6S. The summed E-state index contributed by atoms with van der Waals surface area (Å²) in [6.07, 6.45) is 2.10. The number of carbonyl (C=O) groups is 3. The molecule has 0 N–H and O–H groups in total. The summed E-state index contributed by atoms with van der Waals surface area (Å²) in [6.45, 7) is 2.35. The maximum Gasteiger partial charge on any atom is 0.344 e. The van der Waals surface area contributed by atoms with Crippen molar-refractivity contribution in [2.24, 2.45) is 0 Å². The lowest BCUT2D eigenvalue weighted by atomic mass is 10.2. The third kappa shape index (κ3) is 5.88. The van der Waals surface area contributed by atoms with Crippen LogP contribution < -0.4 is 4.74 Å². The van der Waals surface area contributed by atoms with E-state index in [0.29, 0.717) is 18.6 Å². The number of hydrogen-bond acceptors (Lipinski definition) is 7. The lowest BCUT2D eigenvalue weighted by molar-refractivity contribution is -0.145. The molecule has 2 rings (SSSR count). The van der Waals surface area contributed by atoms with Gasteiger partial charge in [-0.05, 0) is 48.9 Å². The molecule has 28 heavy (non-hydrogen) atoms. The van der Waals surface area contributed by atoms with Crippen molar-refractivity contribution in [1.29, 1.82) is 0 Å². The van der Waals surface area contributed by atoms with Crippen LogP contribution in [0.4, 0.5) is 4.79 Å². The molecule has 0 radical (unpaired) electrons. The van der Waals surface area contributed by atoms with Crippen LogP contribution >= 0.6 is 35.0 Å². The summed E-state index contributed by atoms with van der Waals surface area (Å²) >= 11 is 13.2. The van der Waals surface area contributed by atoms with Gasteiger partial charge in [-0.25, -0.2) is 4.79 Å². The number of ether oxygens (including phenoxy) is 3. The Kier molecular flexibility index (Phi) is 8.62. The molecule has 0 bridgehead atoms. The standard InChI is InChI=1S/C18H19Cl2NO6S/c1-3-26-15(22)10-27-16-12(19)7-11(8-13(16)20)9-14-17(23)21(18(24)28-14)5-4-6-25-2/h7-9H,3-6,10H2,1-2H3/b14-9+. The summed E-state index contributed by atoms with van der Waals surface area (Å²) in [7, 11) is 1.56. The Hall–Kier alpha value is -1.74. The van der Waals surface area contributed by atoms with E-state index in [9.17, 15) is 14.4 Å². The number of benzene rings is 1. The highest BCUT2D eigenvalue weighted by Gasteiger charge is 2.34. The quantitative estimate of drug-likeness (QED) is 0.321. The van der Waals surface area contributed by atoms with Gasteiger partial charge in [-0.2, -0.15) is 0 Å². The lowest BCUT2D eigenvalue weighted by Gasteiger charge is -2.11. The Labute approximate surface area is 176 Å². The van der Waals surface area contributed by atoms with Crippen molar-refractivity contribution in [2.75, 3.05) is 33.5 Å². The molecule has 1 aromatic carbocycles. The monoisotopic (exact) mass is 447 g/mol. The summed E-state index contributed by atoms with van der Waals surface area (Å²) in [6, 6.07) is 3.07. The van der Waals surface area contributed by atoms with Crippen molar-refractivity contribution in [3.63, 3.8) is 0 Å². The molecule has 0 spiro atoms. The van der Waals surface area contributed by atoms with E-state index in [2.05, 4.69) is 0 Å². The largest absolute Gasteiger partial charge is 0.479 e. The van der Waals surface area contributed by atoms with Crippen molar-refractivity contribution < 1.29 is 28.6 Å². The van der Waals surface area contributed by atoms with Crippen molar-refractivity contribution in [2.45, 2.75) is 13.3 Å². The van der Waals surface area contributed by atoms with Crippen LogP contribution in [0.3, 0.4) is 0 Å². The molecular weight excluding hydrogens is 429 g/mol. The Balaban J connectivity index is 2.12. The van der Waals surface area contributed by atoms with Gasteiger partial charge in [-0.3, -0.25) is 14.5 Å². The Morgan fingerprint density at radius 1 is 1.25 bits per heavy atom. The fourth-order valence-electron chi connectivity index (χ4n) is 2.35. The molecule has 2 amide bonds. The molecule has 1 aliphatic heterocycles. The van der Waals surface area contributed by atoms with Gasteiger partial charge in [0.25, 0.3) is 11.1 Å². The van der Waals surface area contributed by atoms with Crippen molar-refractivity contribution in [3.05, 3.63) is 32.6 Å². The van der Waals surface area contributed by atoms with E-state index >= 15 is 0 Å². The SMILES string of the molecule is CCOC(=O)COc1c(Cl)cc(/C=C2/SC(=O)N(CCCOC)C2=O)cc1Cl. The molecule has 1 fully saturated rings. The second-order valence-electron chi connectivity index (χ2n) is 5.59. The number of rotatable bonds is 9. The first-order chi connectivity index (χ1) is 13.4. The fraction of sp³-hybridized carbons (Fsp3) is 0.389. The van der Waals surface area contributed by atoms with E-state index in [4.69, 9.17) is 37.4 Å². The number of carbonyl (C=O) groups excluding carboxylic acids is 3. The molecule has 1 saturated heterocycles. The first-order valence-electron chi connectivity index (χ1n) is 8.39. The van der Waals surface area contributed by atoms with Gasteiger partial charge in [-0.15, -0.1) is 0 Å². The Morgan fingerprint density at radius 3 is 2.54 bits per heavy atom. The molecule has 7 nitrogen and oxygen atoms in total. The zero-order valence-corrected chi connectivity index (χ0v) is 17.7. The average molecular weight is 448 g/mol. The Bertz CT molecular complexity index is 775. The predicted molar refractivity (Wildman–Crippen MR) is 108 cm³/mol. The van der Waals surface area contributed by atoms with Crippen LogP contribution in [0.25, 0.3) is 6.08 Å². The van der Waals surface area contributed by atoms with E-state index in [1.807, 2.05) is 0 Å². The van der Waals surface area contributed by atoms with Crippen LogP contribution in [0.15, 0.2) is 17.0 Å². The minimum absolute atomic E-state index is 0.140. The highest BCUT2D eigenvalue weighted by Crippen LogP contribution is 2.37. The van der Waals surface area contributed by atoms with E-state index in [-0.39, 0.29) is 51.6 Å². The smallest absolute Gasteiger partial charge is 0.344 e. The van der Waals surface area contributed by atoms with Crippen LogP contribution in [0.2, 0.25) is 10.0 Å². The number of esters is 1. The van der Waals surface area contributed by atoms with Crippen LogP contribution in [-0.2, 0) is 19.1 Å². The third-order valence-electron chi connectivity index (χ3n) is 3.56. The zero-order chi connectivity index (χ0) is 20.7. The van der Waals surface area contributed by atoms with E-state index < -0.39 is 5.97 Å². The minimum atomic E-state index is -0.541. The molecule has 0 unspecified atom stereocenters. The summed E-state index contributed by atoms with van der Waals surface area (Å²) < 4.78 is 15.0. The maximum atomic E-state index is 12.4. The summed E-state index contributed by atoms with van der Waals surface area (Å²) in [5.41, 5.74) is 0.529. The molecule has 1 aromatic rings. The molecule has 0 aromatic heterocycles. The van der Waals surface area contributed by atoms with Gasteiger partial charge in [0, 0.05) is 20.3 Å². The first kappa shape index (κ1) is 22.5. The first-order valence-corrected chi connectivity index (χ1v) is 9.96. The van der Waals surface area contributed by atoms with Gasteiger partial charge in [-0.1, -0.05) is 23.2 Å². The van der Waals surface area contributed by atoms with E-state index in [0.717, 1.165) is 11.8 Å². The number of imide groups is 1. The molecule has 1 aliphatic rings. The molecule has 1 heterocycles. The number of methoxy groups -OCH3 is 1. The third-order valence-corrected chi connectivity index (χ3v) is 5.03. The van der Waals surface area contributed by atoms with Crippen molar-refractivity contribution in [1.82, 2.24) is 4.90 Å².